The first-order chi connectivity index (χ1) is 13.9. The maximum Gasteiger partial charge on any atom is -0.0149 e. The van der Waals surface area contributed by atoms with Gasteiger partial charge in [0.25, 0.3) is 0 Å². The van der Waals surface area contributed by atoms with Gasteiger partial charge in [0.15, 0.2) is 0 Å². The van der Waals surface area contributed by atoms with Crippen molar-refractivity contribution < 1.29 is 0 Å². The molecule has 7 unspecified atom stereocenters. The fraction of sp³-hybridized carbons (Fsp3) is 0.867. The third kappa shape index (κ3) is 3.47. The summed E-state index contributed by atoms with van der Waals surface area (Å²) < 4.78 is 0. The zero-order chi connectivity index (χ0) is 22.1. The van der Waals surface area contributed by atoms with Crippen LogP contribution in [-0.4, -0.2) is 0 Å². The van der Waals surface area contributed by atoms with E-state index in [0.29, 0.717) is 16.2 Å². The van der Waals surface area contributed by atoms with E-state index in [1.54, 1.807) is 5.57 Å². The molecule has 9 aliphatic carbocycles. The first-order valence-corrected chi connectivity index (χ1v) is 13.2. The van der Waals surface area contributed by atoms with E-state index < -0.39 is 0 Å². The minimum atomic E-state index is 0.606. The topological polar surface area (TPSA) is 0 Å². The average molecular weight is 411 g/mol. The molecule has 0 amide bonds. The summed E-state index contributed by atoms with van der Waals surface area (Å²) >= 11 is 0. The Kier molecular flexibility index (Phi) is 5.68. The maximum atomic E-state index is 4.13. The van der Waals surface area contributed by atoms with Crippen LogP contribution >= 0.6 is 0 Å². The highest BCUT2D eigenvalue weighted by molar-refractivity contribution is 5.21. The third-order valence-electron chi connectivity index (χ3n) is 11.7. The SMILES string of the molecule is C=C1CCC2CC1C2(C)C.CC1=CCC2CC1C2(C)C.CC1CCC2CC1C2(C)C. The zero-order valence-electron chi connectivity index (χ0n) is 21.5. The first kappa shape index (κ1) is 22.7. The van der Waals surface area contributed by atoms with Crippen molar-refractivity contribution in [3.05, 3.63) is 23.8 Å². The fourth-order valence-electron chi connectivity index (χ4n) is 8.57. The van der Waals surface area contributed by atoms with Gasteiger partial charge in [0.05, 0.1) is 0 Å². The van der Waals surface area contributed by atoms with Crippen LogP contribution < -0.4 is 0 Å². The van der Waals surface area contributed by atoms with Gasteiger partial charge in [0, 0.05) is 0 Å². The van der Waals surface area contributed by atoms with Gasteiger partial charge in [0.2, 0.25) is 0 Å². The van der Waals surface area contributed by atoms with Crippen molar-refractivity contribution in [1.29, 1.82) is 0 Å². The number of fused-ring (bicyclic) bond motifs is 5. The van der Waals surface area contributed by atoms with Crippen LogP contribution in [0.25, 0.3) is 0 Å². The van der Waals surface area contributed by atoms with Crippen LogP contribution in [0.5, 0.6) is 0 Å². The predicted octanol–water partition coefficient (Wildman–Crippen LogP) is 9.08. The Balaban J connectivity index is 0.000000109. The molecular weight excluding hydrogens is 360 g/mol. The van der Waals surface area contributed by atoms with Crippen LogP contribution in [0.3, 0.4) is 0 Å². The normalized spacial score (nSPS) is 45.0. The molecule has 0 aromatic carbocycles. The molecule has 0 aromatic heterocycles. The second-order valence-corrected chi connectivity index (χ2v) is 13.9. The van der Waals surface area contributed by atoms with Crippen LogP contribution in [0.4, 0.5) is 0 Å². The van der Waals surface area contributed by atoms with Crippen molar-refractivity contribution in [2.75, 3.05) is 0 Å². The highest BCUT2D eigenvalue weighted by Gasteiger charge is 2.53. The Hall–Kier alpha value is -0.520. The molecule has 0 nitrogen and oxygen atoms in total. The van der Waals surface area contributed by atoms with E-state index in [-0.39, 0.29) is 0 Å². The second-order valence-electron chi connectivity index (χ2n) is 13.9. The van der Waals surface area contributed by atoms with Crippen molar-refractivity contribution in [1.82, 2.24) is 0 Å². The summed E-state index contributed by atoms with van der Waals surface area (Å²) in [6.07, 6.45) is 13.9. The summed E-state index contributed by atoms with van der Waals surface area (Å²) in [6.45, 7) is 23.4. The van der Waals surface area contributed by atoms with Crippen molar-refractivity contribution in [3.8, 4) is 0 Å². The molecule has 9 rings (SSSR count). The van der Waals surface area contributed by atoms with E-state index in [2.05, 4.69) is 68.0 Å². The summed E-state index contributed by atoms with van der Waals surface area (Å²) in [4.78, 5) is 0. The van der Waals surface area contributed by atoms with Gasteiger partial charge >= 0.3 is 0 Å². The average Bonchev–Trinajstić information content (AvgIpc) is 2.68. The Labute approximate surface area is 188 Å². The van der Waals surface area contributed by atoms with Gasteiger partial charge in [-0.1, -0.05) is 78.7 Å². The number of hydrogen-bond acceptors (Lipinski definition) is 0. The van der Waals surface area contributed by atoms with Crippen molar-refractivity contribution in [3.63, 3.8) is 0 Å². The molecule has 0 radical (unpaired) electrons. The minimum absolute atomic E-state index is 0.606. The second kappa shape index (κ2) is 7.52. The van der Waals surface area contributed by atoms with E-state index in [1.165, 1.54) is 56.9 Å². The zero-order valence-corrected chi connectivity index (χ0v) is 21.5. The first-order valence-electron chi connectivity index (χ1n) is 13.2. The molecule has 7 fully saturated rings. The van der Waals surface area contributed by atoms with Crippen LogP contribution in [0.2, 0.25) is 0 Å². The molecule has 0 heteroatoms. The van der Waals surface area contributed by atoms with Gasteiger partial charge in [-0.25, -0.2) is 0 Å². The molecule has 7 atom stereocenters. The maximum absolute atomic E-state index is 4.13. The van der Waals surface area contributed by atoms with E-state index in [4.69, 9.17) is 0 Å². The van der Waals surface area contributed by atoms with Gasteiger partial charge in [-0.3, -0.25) is 0 Å². The summed E-state index contributed by atoms with van der Waals surface area (Å²) in [6, 6.07) is 0. The Morgan fingerprint density at radius 3 is 1.67 bits per heavy atom. The largest absolute Gasteiger partial charge is 0.0996 e. The van der Waals surface area contributed by atoms with E-state index in [1.807, 2.05) is 0 Å². The molecule has 7 saturated carbocycles. The molecular formula is C30H50. The summed E-state index contributed by atoms with van der Waals surface area (Å²) in [5, 5.41) is 0. The van der Waals surface area contributed by atoms with Gasteiger partial charge in [-0.05, 0) is 110 Å². The summed E-state index contributed by atoms with van der Waals surface area (Å²) in [5.74, 6) is 6.96. The lowest BCUT2D eigenvalue weighted by Crippen LogP contribution is -2.51. The highest BCUT2D eigenvalue weighted by atomic mass is 14.6. The lowest BCUT2D eigenvalue weighted by atomic mass is 9.46. The lowest BCUT2D eigenvalue weighted by Gasteiger charge is -2.59. The Morgan fingerprint density at radius 2 is 1.37 bits per heavy atom. The minimum Gasteiger partial charge on any atom is -0.0996 e. The number of rotatable bonds is 0. The number of hydrogen-bond donors (Lipinski definition) is 0. The van der Waals surface area contributed by atoms with Crippen LogP contribution in [0, 0.1) is 57.7 Å². The monoisotopic (exact) mass is 410 g/mol. The molecule has 9 aliphatic rings. The summed E-state index contributed by atoms with van der Waals surface area (Å²) in [5.41, 5.74) is 5.12. The van der Waals surface area contributed by atoms with Crippen LogP contribution in [0.15, 0.2) is 23.8 Å². The van der Waals surface area contributed by atoms with E-state index in [0.717, 1.165) is 41.4 Å². The Bertz CT molecular complexity index is 696. The molecule has 0 aromatic rings. The van der Waals surface area contributed by atoms with Crippen molar-refractivity contribution in [2.45, 2.75) is 107 Å². The van der Waals surface area contributed by atoms with Crippen LogP contribution in [-0.2, 0) is 0 Å². The molecule has 170 valence electrons. The van der Waals surface area contributed by atoms with Crippen LogP contribution in [0.1, 0.15) is 107 Å². The predicted molar refractivity (Wildman–Crippen MR) is 131 cm³/mol. The quantitative estimate of drug-likeness (QED) is 0.349. The number of allylic oxidation sites excluding steroid dienone is 3. The van der Waals surface area contributed by atoms with E-state index >= 15 is 0 Å². The molecule has 6 bridgehead atoms. The molecule has 0 heterocycles. The van der Waals surface area contributed by atoms with Gasteiger partial charge in [0.1, 0.15) is 0 Å². The smallest absolute Gasteiger partial charge is 0.0149 e. The molecule has 30 heavy (non-hydrogen) atoms. The standard InChI is InChI=1S/C10H18.2C10H16/c3*1-7-4-5-8-6-9(7)10(8,2)3/h7-9H,4-6H2,1-3H3;4,8-9H,5-6H2,1-3H3;8-9H,1,4-6H2,2-3H3. The van der Waals surface area contributed by atoms with Gasteiger partial charge < -0.3 is 0 Å². The molecule has 0 spiro atoms. The lowest BCUT2D eigenvalue weighted by molar-refractivity contribution is -0.0988. The molecule has 0 aliphatic heterocycles. The molecule has 0 N–H and O–H groups in total. The van der Waals surface area contributed by atoms with Gasteiger partial charge in [-0.2, -0.15) is 0 Å². The van der Waals surface area contributed by atoms with Crippen molar-refractivity contribution in [2.24, 2.45) is 57.7 Å². The third-order valence-corrected chi connectivity index (χ3v) is 11.7. The van der Waals surface area contributed by atoms with Crippen molar-refractivity contribution >= 4 is 0 Å². The Morgan fingerprint density at radius 1 is 0.767 bits per heavy atom. The fourth-order valence-corrected chi connectivity index (χ4v) is 8.57. The highest BCUT2D eigenvalue weighted by Crippen LogP contribution is 2.62. The van der Waals surface area contributed by atoms with Gasteiger partial charge in [-0.15, -0.1) is 0 Å². The van der Waals surface area contributed by atoms with E-state index in [9.17, 15) is 0 Å². The molecule has 0 saturated heterocycles. The summed E-state index contributed by atoms with van der Waals surface area (Å²) in [7, 11) is 0.